The zero-order valence-electron chi connectivity index (χ0n) is 53.1. The van der Waals surface area contributed by atoms with Gasteiger partial charge in [-0.25, -0.2) is 0 Å². The van der Waals surface area contributed by atoms with Crippen LogP contribution in [0.2, 0.25) is 0 Å². The summed E-state index contributed by atoms with van der Waals surface area (Å²) in [5.74, 6) is -0.960. The summed E-state index contributed by atoms with van der Waals surface area (Å²) >= 11 is 0. The van der Waals surface area contributed by atoms with Crippen LogP contribution in [0.15, 0.2) is 182 Å². The van der Waals surface area contributed by atoms with Gasteiger partial charge in [-0.2, -0.15) is 0 Å². The van der Waals surface area contributed by atoms with E-state index in [2.05, 4.69) is 203 Å². The summed E-state index contributed by atoms with van der Waals surface area (Å²) < 4.78 is 16.9. The van der Waals surface area contributed by atoms with Gasteiger partial charge in [0.05, 0.1) is 0 Å². The van der Waals surface area contributed by atoms with Crippen molar-refractivity contribution in [1.29, 1.82) is 0 Å². The molecule has 6 heteroatoms. The van der Waals surface area contributed by atoms with E-state index in [1.807, 2.05) is 0 Å². The van der Waals surface area contributed by atoms with E-state index in [1.165, 1.54) is 32.1 Å². The summed E-state index contributed by atoms with van der Waals surface area (Å²) in [5.41, 5.74) is 0. The second-order valence-electron chi connectivity index (χ2n) is 21.2. The van der Waals surface area contributed by atoms with E-state index in [0.29, 0.717) is 19.3 Å². The number of carbonyl (C=O) groups is 3. The second kappa shape index (κ2) is 69.0. The third-order valence-electron chi connectivity index (χ3n) is 13.4. The molecule has 0 saturated heterocycles. The van der Waals surface area contributed by atoms with Crippen molar-refractivity contribution in [3.05, 3.63) is 182 Å². The van der Waals surface area contributed by atoms with E-state index in [9.17, 15) is 14.4 Å². The molecule has 0 aliphatic heterocycles. The van der Waals surface area contributed by atoms with Gasteiger partial charge in [-0.15, -0.1) is 0 Å². The number of hydrogen-bond donors (Lipinski definition) is 0. The highest BCUT2D eigenvalue weighted by Crippen LogP contribution is 2.14. The van der Waals surface area contributed by atoms with Crippen molar-refractivity contribution < 1.29 is 28.6 Å². The lowest BCUT2D eigenvalue weighted by atomic mass is 10.1. The summed E-state index contributed by atoms with van der Waals surface area (Å²) in [6.45, 7) is 6.25. The van der Waals surface area contributed by atoms with Gasteiger partial charge >= 0.3 is 17.9 Å². The molecule has 464 valence electrons. The molecule has 0 fully saturated rings. The van der Waals surface area contributed by atoms with Crippen molar-refractivity contribution >= 4 is 17.9 Å². The van der Waals surface area contributed by atoms with Crippen molar-refractivity contribution in [3.8, 4) is 0 Å². The summed E-state index contributed by atoms with van der Waals surface area (Å²) in [6, 6.07) is 0. The highest BCUT2D eigenvalue weighted by atomic mass is 16.6. The first-order valence-electron chi connectivity index (χ1n) is 33.3. The minimum atomic E-state index is -0.814. The van der Waals surface area contributed by atoms with Crippen LogP contribution in [0.5, 0.6) is 0 Å². The van der Waals surface area contributed by atoms with Crippen molar-refractivity contribution in [1.82, 2.24) is 0 Å². The van der Waals surface area contributed by atoms with Crippen LogP contribution in [0.4, 0.5) is 0 Å². The lowest BCUT2D eigenvalue weighted by Gasteiger charge is -2.18. The highest BCUT2D eigenvalue weighted by molar-refractivity contribution is 5.71. The molecule has 6 nitrogen and oxygen atoms in total. The van der Waals surface area contributed by atoms with Gasteiger partial charge in [0, 0.05) is 19.3 Å². The zero-order chi connectivity index (χ0) is 59.9. The molecule has 0 aliphatic carbocycles. The third kappa shape index (κ3) is 67.2. The Hall–Kier alpha value is -5.49. The van der Waals surface area contributed by atoms with Gasteiger partial charge in [0.2, 0.25) is 0 Å². The molecule has 1 unspecified atom stereocenters. The fourth-order valence-corrected chi connectivity index (χ4v) is 8.52. The number of carbonyl (C=O) groups excluding carboxylic acids is 3. The monoisotopic (exact) mass is 1140 g/mol. The van der Waals surface area contributed by atoms with Crippen LogP contribution in [0.3, 0.4) is 0 Å². The Morgan fingerprint density at radius 1 is 0.241 bits per heavy atom. The molecule has 0 saturated carbocycles. The van der Waals surface area contributed by atoms with Gasteiger partial charge in [-0.05, 0) is 154 Å². The van der Waals surface area contributed by atoms with Crippen LogP contribution in [0.25, 0.3) is 0 Å². The summed E-state index contributed by atoms with van der Waals surface area (Å²) in [4.78, 5) is 38.4. The lowest BCUT2D eigenvalue weighted by Crippen LogP contribution is -2.30. The van der Waals surface area contributed by atoms with Gasteiger partial charge in [-0.3, -0.25) is 14.4 Å². The SMILES string of the molecule is CC/C=C\C/C=C\C/C=C\C/C=C\C/C=C\C/C=C\CCCCCCCCC(=O)OCC(COC(=O)CCCCCC/C=C\C/C=C\C/C=C\C/C=C\CC)OC(=O)CCCCCCCCC/C=C\C/C=C\C/C=C\C/C=C\C/C=C\CC. The molecule has 0 amide bonds. The normalized spacial score (nSPS) is 13.3. The Kier molecular flexibility index (Phi) is 64.4. The van der Waals surface area contributed by atoms with Crippen molar-refractivity contribution in [2.45, 2.75) is 271 Å². The van der Waals surface area contributed by atoms with Gasteiger partial charge in [0.25, 0.3) is 0 Å². The summed E-state index contributed by atoms with van der Waals surface area (Å²) in [6.07, 6.45) is 103. The predicted molar refractivity (Wildman–Crippen MR) is 361 cm³/mol. The average molecular weight is 1140 g/mol. The molecular weight excluding hydrogens is 1020 g/mol. The largest absolute Gasteiger partial charge is 0.462 e. The summed E-state index contributed by atoms with van der Waals surface area (Å²) in [7, 11) is 0. The molecule has 0 spiro atoms. The highest BCUT2D eigenvalue weighted by Gasteiger charge is 2.19. The molecule has 1 atom stereocenters. The molecule has 0 rings (SSSR count). The fraction of sp³-hybridized carbons (Fsp3) is 0.571. The summed E-state index contributed by atoms with van der Waals surface area (Å²) in [5, 5.41) is 0. The zero-order valence-corrected chi connectivity index (χ0v) is 53.1. The number of rotatable bonds is 58. The Labute approximate surface area is 510 Å². The number of esters is 3. The maximum atomic E-state index is 13.0. The molecule has 83 heavy (non-hydrogen) atoms. The Balaban J connectivity index is 4.51. The second-order valence-corrected chi connectivity index (χ2v) is 21.2. The molecule has 0 N–H and O–H groups in total. The molecule has 0 aromatic carbocycles. The minimum Gasteiger partial charge on any atom is -0.462 e. The molecular formula is C77H120O6. The molecule has 0 aliphatic rings. The predicted octanol–water partition coefficient (Wildman–Crippen LogP) is 23.2. The van der Waals surface area contributed by atoms with Crippen molar-refractivity contribution in [2.75, 3.05) is 13.2 Å². The van der Waals surface area contributed by atoms with Crippen LogP contribution in [0, 0.1) is 0 Å². The van der Waals surface area contributed by atoms with E-state index in [4.69, 9.17) is 14.2 Å². The standard InChI is InChI=1S/C77H120O6/c1-4-7-10-13-16-19-22-25-28-31-33-35-37-38-40-41-43-46-49-52-55-58-61-64-67-70-76(79)82-73-74(72-81-75(78)69-66-63-60-57-54-51-48-45-30-27-24-21-18-15-12-9-6-3)83-77(80)71-68-65-62-59-56-53-50-47-44-42-39-36-34-32-29-26-23-20-17-14-11-8-5-2/h7-12,16-21,25-30,33-36,38,40,42-44,46,48,51,74H,4-6,13-15,22-24,31-32,37,39,41,45,47,49-50,52-73H2,1-3H3/b10-7-,11-8-,12-9-,19-16-,20-17-,21-18-,28-25-,29-26-,30-27-,35-33-,36-34-,40-38-,44-42-,46-43-,51-48-. The van der Waals surface area contributed by atoms with Crippen LogP contribution in [0.1, 0.15) is 265 Å². The molecule has 0 radical (unpaired) electrons. The fourth-order valence-electron chi connectivity index (χ4n) is 8.52. The Bertz CT molecular complexity index is 1940. The van der Waals surface area contributed by atoms with E-state index in [0.717, 1.165) is 193 Å². The van der Waals surface area contributed by atoms with Crippen LogP contribution in [-0.2, 0) is 28.6 Å². The Morgan fingerprint density at radius 2 is 0.434 bits per heavy atom. The first-order chi connectivity index (χ1) is 41.0. The van der Waals surface area contributed by atoms with Crippen LogP contribution < -0.4 is 0 Å². The molecule has 0 bridgehead atoms. The molecule has 0 heterocycles. The van der Waals surface area contributed by atoms with E-state index in [-0.39, 0.29) is 31.1 Å². The van der Waals surface area contributed by atoms with E-state index < -0.39 is 6.10 Å². The van der Waals surface area contributed by atoms with Crippen LogP contribution >= 0.6 is 0 Å². The van der Waals surface area contributed by atoms with Gasteiger partial charge in [0.1, 0.15) is 13.2 Å². The topological polar surface area (TPSA) is 78.9 Å². The molecule has 0 aromatic rings. The minimum absolute atomic E-state index is 0.108. The van der Waals surface area contributed by atoms with Gasteiger partial charge < -0.3 is 14.2 Å². The maximum absolute atomic E-state index is 13.0. The third-order valence-corrected chi connectivity index (χ3v) is 13.4. The Morgan fingerprint density at radius 3 is 0.675 bits per heavy atom. The van der Waals surface area contributed by atoms with E-state index in [1.54, 1.807) is 0 Å². The van der Waals surface area contributed by atoms with E-state index >= 15 is 0 Å². The van der Waals surface area contributed by atoms with Crippen LogP contribution in [-0.4, -0.2) is 37.2 Å². The average Bonchev–Trinajstić information content (AvgIpc) is 3.49. The quantitative estimate of drug-likeness (QED) is 0.0261. The van der Waals surface area contributed by atoms with Gasteiger partial charge in [-0.1, -0.05) is 274 Å². The van der Waals surface area contributed by atoms with Crippen molar-refractivity contribution in [2.24, 2.45) is 0 Å². The number of ether oxygens (including phenoxy) is 3. The molecule has 0 aromatic heterocycles. The number of unbranched alkanes of at least 4 members (excludes halogenated alkanes) is 17. The van der Waals surface area contributed by atoms with Gasteiger partial charge in [0.15, 0.2) is 6.10 Å². The number of hydrogen-bond acceptors (Lipinski definition) is 6. The first-order valence-corrected chi connectivity index (χ1v) is 33.3. The lowest BCUT2D eigenvalue weighted by molar-refractivity contribution is -0.167. The maximum Gasteiger partial charge on any atom is 0.306 e. The smallest absolute Gasteiger partial charge is 0.306 e. The first kappa shape index (κ1) is 77.5. The van der Waals surface area contributed by atoms with Crippen molar-refractivity contribution in [3.63, 3.8) is 0 Å². The number of allylic oxidation sites excluding steroid dienone is 30.